The number of para-hydroxylation sites is 1. The highest BCUT2D eigenvalue weighted by molar-refractivity contribution is 5.94. The number of carbonyl (C=O) groups excluding carboxylic acids is 1. The molecule has 2 saturated heterocycles. The first kappa shape index (κ1) is 21.0. The van der Waals surface area contributed by atoms with Crippen molar-refractivity contribution in [3.8, 4) is 17.1 Å². The number of aromatic nitrogens is 5. The Morgan fingerprint density at radius 1 is 1.00 bits per heavy atom. The van der Waals surface area contributed by atoms with E-state index in [-0.39, 0.29) is 11.3 Å². The van der Waals surface area contributed by atoms with Crippen LogP contribution in [0.3, 0.4) is 0 Å². The number of rotatable bonds is 3. The fourth-order valence-electron chi connectivity index (χ4n) is 5.77. The van der Waals surface area contributed by atoms with E-state index in [4.69, 9.17) is 0 Å². The lowest BCUT2D eigenvalue weighted by atomic mass is 9.74. The second kappa shape index (κ2) is 8.36. The van der Waals surface area contributed by atoms with Crippen molar-refractivity contribution in [3.05, 3.63) is 60.3 Å². The smallest absolute Gasteiger partial charge is 0.253 e. The van der Waals surface area contributed by atoms with Crippen molar-refractivity contribution in [2.24, 2.45) is 5.41 Å². The van der Waals surface area contributed by atoms with Crippen LogP contribution in [0.2, 0.25) is 0 Å². The summed E-state index contributed by atoms with van der Waals surface area (Å²) in [5.41, 5.74) is 4.29. The topological polar surface area (TPSA) is 82.9 Å². The molecule has 1 spiro atoms. The molecule has 4 aromatic rings. The molecule has 4 heterocycles. The van der Waals surface area contributed by atoms with E-state index in [1.54, 1.807) is 4.68 Å². The van der Waals surface area contributed by atoms with Gasteiger partial charge in [0.15, 0.2) is 0 Å². The molecule has 6 rings (SSSR count). The Bertz CT molecular complexity index is 1320. The molecular formula is C26H29N7O. The Labute approximate surface area is 198 Å². The maximum absolute atomic E-state index is 13.3. The highest BCUT2D eigenvalue weighted by Crippen LogP contribution is 2.38. The average Bonchev–Trinajstić information content (AvgIpc) is 3.51. The van der Waals surface area contributed by atoms with Gasteiger partial charge in [0.05, 0.1) is 17.4 Å². The van der Waals surface area contributed by atoms with Gasteiger partial charge in [0.1, 0.15) is 11.4 Å². The van der Waals surface area contributed by atoms with E-state index in [2.05, 4.69) is 37.4 Å². The maximum atomic E-state index is 13.3. The first-order valence-electron chi connectivity index (χ1n) is 12.0. The predicted octanol–water partition coefficient (Wildman–Crippen LogP) is 3.76. The van der Waals surface area contributed by atoms with Crippen LogP contribution in [0.15, 0.2) is 54.7 Å². The number of benzene rings is 2. The number of H-pyrrole nitrogens is 1. The van der Waals surface area contributed by atoms with Gasteiger partial charge in [-0.25, -0.2) is 4.68 Å². The third-order valence-corrected chi connectivity index (χ3v) is 7.39. The molecule has 8 nitrogen and oxygen atoms in total. The number of hydrogen-bond donors (Lipinski definition) is 1. The number of likely N-dealkylation sites (tertiary alicyclic amines) is 2. The van der Waals surface area contributed by atoms with Crippen LogP contribution in [-0.2, 0) is 0 Å². The van der Waals surface area contributed by atoms with E-state index in [9.17, 15) is 4.79 Å². The molecule has 1 amide bonds. The van der Waals surface area contributed by atoms with Crippen molar-refractivity contribution in [2.75, 3.05) is 33.2 Å². The van der Waals surface area contributed by atoms with E-state index in [0.717, 1.165) is 60.4 Å². The van der Waals surface area contributed by atoms with Gasteiger partial charge in [-0.3, -0.25) is 9.89 Å². The predicted molar refractivity (Wildman–Crippen MR) is 131 cm³/mol. The lowest BCUT2D eigenvalue weighted by Crippen LogP contribution is -2.52. The molecule has 1 unspecified atom stereocenters. The summed E-state index contributed by atoms with van der Waals surface area (Å²) in [5.74, 6) is 0.126. The Kier molecular flexibility index (Phi) is 5.17. The first-order valence-corrected chi connectivity index (χ1v) is 12.0. The molecule has 2 fully saturated rings. The summed E-state index contributed by atoms with van der Waals surface area (Å²) in [6.45, 7) is 3.96. The van der Waals surface area contributed by atoms with Gasteiger partial charge in [-0.1, -0.05) is 23.4 Å². The summed E-state index contributed by atoms with van der Waals surface area (Å²) < 4.78 is 1.72. The van der Waals surface area contributed by atoms with Gasteiger partial charge >= 0.3 is 0 Å². The molecule has 0 radical (unpaired) electrons. The number of piperidine rings is 2. The third kappa shape index (κ3) is 3.77. The Morgan fingerprint density at radius 2 is 1.79 bits per heavy atom. The second-order valence-electron chi connectivity index (χ2n) is 9.88. The minimum Gasteiger partial charge on any atom is -0.338 e. The summed E-state index contributed by atoms with van der Waals surface area (Å²) in [7, 11) is 2.20. The Balaban J connectivity index is 1.19. The van der Waals surface area contributed by atoms with Crippen molar-refractivity contribution >= 4 is 16.8 Å². The van der Waals surface area contributed by atoms with Crippen molar-refractivity contribution in [3.63, 3.8) is 0 Å². The van der Waals surface area contributed by atoms with Crippen LogP contribution in [-0.4, -0.2) is 74.1 Å². The number of aromatic amines is 1. The minimum absolute atomic E-state index is 0.126. The molecule has 34 heavy (non-hydrogen) atoms. The molecule has 0 bridgehead atoms. The standard InChI is InChI=1S/C26H29N7O/c1-31-14-4-12-26(17-31)13-5-15-32(18-26)25(34)19-8-10-20(11-9-19)33-16-23(28-30-33)24-21-6-2-3-7-22(21)27-29-24/h2-3,6-11,16H,4-5,12-15,17-18H2,1H3,(H,27,29). The molecule has 2 aromatic heterocycles. The van der Waals surface area contributed by atoms with E-state index in [1.165, 1.54) is 19.3 Å². The van der Waals surface area contributed by atoms with Gasteiger partial charge in [0.25, 0.3) is 5.91 Å². The SMILES string of the molecule is CN1CCCC2(CCCN(C(=O)c3ccc(-n4cc(-c5n[nH]c6ccccc56)nn4)cc3)C2)C1. The Hall–Kier alpha value is -3.52. The zero-order valence-corrected chi connectivity index (χ0v) is 19.4. The summed E-state index contributed by atoms with van der Waals surface area (Å²) in [6, 6.07) is 15.6. The fourth-order valence-corrected chi connectivity index (χ4v) is 5.77. The van der Waals surface area contributed by atoms with E-state index in [1.807, 2.05) is 54.7 Å². The third-order valence-electron chi connectivity index (χ3n) is 7.39. The number of nitrogens with zero attached hydrogens (tertiary/aromatic N) is 6. The quantitative estimate of drug-likeness (QED) is 0.509. The number of amides is 1. The van der Waals surface area contributed by atoms with Crippen LogP contribution in [0.5, 0.6) is 0 Å². The molecule has 174 valence electrons. The van der Waals surface area contributed by atoms with Crippen LogP contribution in [0.25, 0.3) is 28.0 Å². The molecule has 0 saturated carbocycles. The van der Waals surface area contributed by atoms with Gasteiger partial charge in [-0.05, 0) is 69.6 Å². The van der Waals surface area contributed by atoms with Gasteiger partial charge in [-0.15, -0.1) is 5.10 Å². The van der Waals surface area contributed by atoms with Gasteiger partial charge in [-0.2, -0.15) is 5.10 Å². The zero-order chi connectivity index (χ0) is 23.1. The Morgan fingerprint density at radius 3 is 2.62 bits per heavy atom. The summed E-state index contributed by atoms with van der Waals surface area (Å²) in [6.07, 6.45) is 6.62. The highest BCUT2D eigenvalue weighted by atomic mass is 16.2. The number of nitrogens with one attached hydrogen (secondary N) is 1. The average molecular weight is 456 g/mol. The van der Waals surface area contributed by atoms with Gasteiger partial charge < -0.3 is 9.80 Å². The van der Waals surface area contributed by atoms with Crippen LogP contribution in [0.4, 0.5) is 0 Å². The number of carbonyl (C=O) groups is 1. The number of hydrogen-bond acceptors (Lipinski definition) is 5. The molecule has 8 heteroatoms. The molecule has 0 aliphatic carbocycles. The highest BCUT2D eigenvalue weighted by Gasteiger charge is 2.39. The van der Waals surface area contributed by atoms with Crippen molar-refractivity contribution in [1.29, 1.82) is 0 Å². The van der Waals surface area contributed by atoms with E-state index >= 15 is 0 Å². The number of fused-ring (bicyclic) bond motifs is 1. The molecule has 1 atom stereocenters. The summed E-state index contributed by atoms with van der Waals surface area (Å²) in [4.78, 5) is 17.8. The molecular weight excluding hydrogens is 426 g/mol. The normalized spacial score (nSPS) is 21.4. The van der Waals surface area contributed by atoms with Crippen LogP contribution in [0.1, 0.15) is 36.0 Å². The van der Waals surface area contributed by atoms with Crippen LogP contribution in [0, 0.1) is 5.41 Å². The van der Waals surface area contributed by atoms with Crippen molar-refractivity contribution < 1.29 is 4.79 Å². The van der Waals surface area contributed by atoms with Gasteiger partial charge in [0.2, 0.25) is 0 Å². The molecule has 2 aromatic carbocycles. The van der Waals surface area contributed by atoms with E-state index in [0.29, 0.717) is 5.69 Å². The zero-order valence-electron chi connectivity index (χ0n) is 19.4. The largest absolute Gasteiger partial charge is 0.338 e. The summed E-state index contributed by atoms with van der Waals surface area (Å²) >= 11 is 0. The second-order valence-corrected chi connectivity index (χ2v) is 9.88. The molecule has 2 aliphatic rings. The van der Waals surface area contributed by atoms with Crippen molar-refractivity contribution in [2.45, 2.75) is 25.7 Å². The lowest BCUT2D eigenvalue weighted by Gasteiger charge is -2.47. The van der Waals surface area contributed by atoms with Crippen molar-refractivity contribution in [1.82, 2.24) is 35.0 Å². The molecule has 1 N–H and O–H groups in total. The first-order chi connectivity index (χ1) is 16.6. The lowest BCUT2D eigenvalue weighted by molar-refractivity contribution is 0.0206. The fraction of sp³-hybridized carbons (Fsp3) is 0.385. The minimum atomic E-state index is 0.126. The van der Waals surface area contributed by atoms with Crippen LogP contribution < -0.4 is 0 Å². The maximum Gasteiger partial charge on any atom is 0.253 e. The summed E-state index contributed by atoms with van der Waals surface area (Å²) in [5, 5.41) is 17.1. The monoisotopic (exact) mass is 455 g/mol. The van der Waals surface area contributed by atoms with Gasteiger partial charge in [0, 0.05) is 36.0 Å². The van der Waals surface area contributed by atoms with Crippen LogP contribution >= 0.6 is 0 Å². The molecule has 2 aliphatic heterocycles. The van der Waals surface area contributed by atoms with E-state index < -0.39 is 0 Å².